The summed E-state index contributed by atoms with van der Waals surface area (Å²) in [5, 5.41) is 2.81. The monoisotopic (exact) mass is 349 g/mol. The summed E-state index contributed by atoms with van der Waals surface area (Å²) in [5.74, 6) is 0.0901. The normalized spacial score (nSPS) is 22.9. The van der Waals surface area contributed by atoms with Crippen molar-refractivity contribution in [1.29, 1.82) is 0 Å². The number of benzene rings is 1. The van der Waals surface area contributed by atoms with E-state index in [0.717, 1.165) is 31.4 Å². The van der Waals surface area contributed by atoms with Crippen molar-refractivity contribution in [2.45, 2.75) is 38.4 Å². The highest BCUT2D eigenvalue weighted by Crippen LogP contribution is 2.32. The standard InChI is InChI=1S/C14H15BrF3NO/c1-8-2-4-10(6-8)19-13(20)11-7-9(14(16,17)18)3-5-12(11)15/h3,5,7-8,10H,2,4,6H2,1H3,(H,19,20). The van der Waals surface area contributed by atoms with E-state index < -0.39 is 17.6 Å². The fourth-order valence-corrected chi connectivity index (χ4v) is 2.90. The first kappa shape index (κ1) is 15.4. The number of rotatable bonds is 2. The van der Waals surface area contributed by atoms with Gasteiger partial charge in [0.1, 0.15) is 0 Å². The molecule has 1 aromatic rings. The molecule has 1 amide bonds. The Bertz CT molecular complexity index is 516. The van der Waals surface area contributed by atoms with E-state index in [1.807, 2.05) is 0 Å². The minimum absolute atomic E-state index is 0.0272. The van der Waals surface area contributed by atoms with Crippen LogP contribution in [0.4, 0.5) is 13.2 Å². The third kappa shape index (κ3) is 3.53. The van der Waals surface area contributed by atoms with Crippen LogP contribution in [-0.2, 0) is 6.18 Å². The second-order valence-electron chi connectivity index (χ2n) is 5.28. The average molecular weight is 350 g/mol. The van der Waals surface area contributed by atoms with Crippen LogP contribution in [0.2, 0.25) is 0 Å². The van der Waals surface area contributed by atoms with Gasteiger partial charge in [0.05, 0.1) is 11.1 Å². The minimum Gasteiger partial charge on any atom is -0.349 e. The molecule has 0 heterocycles. The molecule has 0 spiro atoms. The van der Waals surface area contributed by atoms with E-state index >= 15 is 0 Å². The van der Waals surface area contributed by atoms with Crippen LogP contribution in [0.1, 0.15) is 42.1 Å². The molecular formula is C14H15BrF3NO. The summed E-state index contributed by atoms with van der Waals surface area (Å²) in [4.78, 5) is 12.1. The van der Waals surface area contributed by atoms with Crippen molar-refractivity contribution in [1.82, 2.24) is 5.32 Å². The lowest BCUT2D eigenvalue weighted by Crippen LogP contribution is -2.33. The fourth-order valence-electron chi connectivity index (χ4n) is 2.48. The molecule has 110 valence electrons. The lowest BCUT2D eigenvalue weighted by Gasteiger charge is -2.15. The Labute approximate surface area is 123 Å². The smallest absolute Gasteiger partial charge is 0.349 e. The number of hydrogen-bond donors (Lipinski definition) is 1. The molecule has 1 fully saturated rings. The summed E-state index contributed by atoms with van der Waals surface area (Å²) in [7, 11) is 0. The Kier molecular flexibility index (Phi) is 4.42. The molecule has 1 saturated carbocycles. The molecular weight excluding hydrogens is 335 g/mol. The quantitative estimate of drug-likeness (QED) is 0.842. The molecule has 2 nitrogen and oxygen atoms in total. The number of alkyl halides is 3. The highest BCUT2D eigenvalue weighted by molar-refractivity contribution is 9.10. The number of hydrogen-bond acceptors (Lipinski definition) is 1. The van der Waals surface area contributed by atoms with Crippen LogP contribution < -0.4 is 5.32 Å². The Balaban J connectivity index is 2.17. The first-order chi connectivity index (χ1) is 9.27. The molecule has 0 radical (unpaired) electrons. The lowest BCUT2D eigenvalue weighted by molar-refractivity contribution is -0.137. The van der Waals surface area contributed by atoms with E-state index in [0.29, 0.717) is 10.4 Å². The molecule has 1 aliphatic carbocycles. The second kappa shape index (κ2) is 5.76. The van der Waals surface area contributed by atoms with E-state index in [1.165, 1.54) is 6.07 Å². The Morgan fingerprint density at radius 3 is 2.60 bits per heavy atom. The van der Waals surface area contributed by atoms with Gasteiger partial charge in [0, 0.05) is 10.5 Å². The Morgan fingerprint density at radius 1 is 1.35 bits per heavy atom. The molecule has 1 N–H and O–H groups in total. The van der Waals surface area contributed by atoms with Gasteiger partial charge in [-0.15, -0.1) is 0 Å². The minimum atomic E-state index is -4.45. The fraction of sp³-hybridized carbons (Fsp3) is 0.500. The van der Waals surface area contributed by atoms with Gasteiger partial charge in [-0.05, 0) is 59.3 Å². The first-order valence-electron chi connectivity index (χ1n) is 6.45. The van der Waals surface area contributed by atoms with E-state index in [-0.39, 0.29) is 11.6 Å². The van der Waals surface area contributed by atoms with Gasteiger partial charge in [0.15, 0.2) is 0 Å². The van der Waals surface area contributed by atoms with Crippen molar-refractivity contribution in [2.24, 2.45) is 5.92 Å². The second-order valence-corrected chi connectivity index (χ2v) is 6.14. The Hall–Kier alpha value is -1.04. The molecule has 2 unspecified atom stereocenters. The van der Waals surface area contributed by atoms with Gasteiger partial charge < -0.3 is 5.32 Å². The van der Waals surface area contributed by atoms with Crippen LogP contribution in [0, 0.1) is 5.92 Å². The van der Waals surface area contributed by atoms with Gasteiger partial charge >= 0.3 is 6.18 Å². The summed E-state index contributed by atoms with van der Waals surface area (Å²) in [6.45, 7) is 2.10. The van der Waals surface area contributed by atoms with E-state index in [9.17, 15) is 18.0 Å². The molecule has 2 rings (SSSR count). The molecule has 1 aliphatic rings. The number of carbonyl (C=O) groups is 1. The molecule has 0 aromatic heterocycles. The van der Waals surface area contributed by atoms with Crippen molar-refractivity contribution < 1.29 is 18.0 Å². The molecule has 2 atom stereocenters. The maximum atomic E-state index is 12.7. The summed E-state index contributed by atoms with van der Waals surface area (Å²) < 4.78 is 38.4. The molecule has 0 bridgehead atoms. The topological polar surface area (TPSA) is 29.1 Å². The Morgan fingerprint density at radius 2 is 2.05 bits per heavy atom. The van der Waals surface area contributed by atoms with E-state index in [2.05, 4.69) is 28.2 Å². The maximum Gasteiger partial charge on any atom is 0.416 e. The van der Waals surface area contributed by atoms with Gasteiger partial charge in [-0.2, -0.15) is 13.2 Å². The average Bonchev–Trinajstić information content (AvgIpc) is 2.73. The van der Waals surface area contributed by atoms with Crippen molar-refractivity contribution in [2.75, 3.05) is 0 Å². The zero-order chi connectivity index (χ0) is 14.9. The highest BCUT2D eigenvalue weighted by Gasteiger charge is 2.32. The molecule has 20 heavy (non-hydrogen) atoms. The molecule has 0 aliphatic heterocycles. The third-order valence-electron chi connectivity index (χ3n) is 3.57. The number of halogens is 4. The van der Waals surface area contributed by atoms with Crippen LogP contribution in [-0.4, -0.2) is 11.9 Å². The van der Waals surface area contributed by atoms with Gasteiger partial charge in [-0.3, -0.25) is 4.79 Å². The predicted octanol–water partition coefficient (Wildman–Crippen LogP) is 4.39. The van der Waals surface area contributed by atoms with Crippen LogP contribution in [0.25, 0.3) is 0 Å². The van der Waals surface area contributed by atoms with Gasteiger partial charge in [-0.25, -0.2) is 0 Å². The number of amides is 1. The summed E-state index contributed by atoms with van der Waals surface area (Å²) in [6.07, 6.45) is -1.65. The summed E-state index contributed by atoms with van der Waals surface area (Å²) >= 11 is 3.13. The van der Waals surface area contributed by atoms with E-state index in [4.69, 9.17) is 0 Å². The van der Waals surface area contributed by atoms with Gasteiger partial charge in [-0.1, -0.05) is 6.92 Å². The van der Waals surface area contributed by atoms with Crippen LogP contribution in [0.15, 0.2) is 22.7 Å². The number of carbonyl (C=O) groups excluding carboxylic acids is 1. The molecule has 0 saturated heterocycles. The lowest BCUT2D eigenvalue weighted by atomic mass is 10.1. The van der Waals surface area contributed by atoms with Gasteiger partial charge in [0.25, 0.3) is 5.91 Å². The van der Waals surface area contributed by atoms with Crippen molar-refractivity contribution in [3.63, 3.8) is 0 Å². The van der Waals surface area contributed by atoms with Crippen molar-refractivity contribution in [3.8, 4) is 0 Å². The van der Waals surface area contributed by atoms with Crippen LogP contribution >= 0.6 is 15.9 Å². The zero-order valence-corrected chi connectivity index (χ0v) is 12.5. The predicted molar refractivity (Wildman–Crippen MR) is 73.4 cm³/mol. The summed E-state index contributed by atoms with van der Waals surface area (Å²) in [6, 6.07) is 3.16. The largest absolute Gasteiger partial charge is 0.416 e. The van der Waals surface area contributed by atoms with Crippen LogP contribution in [0.3, 0.4) is 0 Å². The first-order valence-corrected chi connectivity index (χ1v) is 7.24. The molecule has 1 aromatic carbocycles. The highest BCUT2D eigenvalue weighted by atomic mass is 79.9. The van der Waals surface area contributed by atoms with Crippen LogP contribution in [0.5, 0.6) is 0 Å². The van der Waals surface area contributed by atoms with E-state index in [1.54, 1.807) is 0 Å². The summed E-state index contributed by atoms with van der Waals surface area (Å²) in [5.41, 5.74) is -0.787. The number of nitrogens with one attached hydrogen (secondary N) is 1. The zero-order valence-electron chi connectivity index (χ0n) is 10.9. The van der Waals surface area contributed by atoms with Gasteiger partial charge in [0.2, 0.25) is 0 Å². The van der Waals surface area contributed by atoms with Crippen molar-refractivity contribution >= 4 is 21.8 Å². The third-order valence-corrected chi connectivity index (χ3v) is 4.26. The maximum absolute atomic E-state index is 12.7. The molecule has 6 heteroatoms. The van der Waals surface area contributed by atoms with Crippen molar-refractivity contribution in [3.05, 3.63) is 33.8 Å². The SMILES string of the molecule is CC1CCC(NC(=O)c2cc(C(F)(F)F)ccc2Br)C1.